The van der Waals surface area contributed by atoms with Gasteiger partial charge in [-0.05, 0) is 6.07 Å². The van der Waals surface area contributed by atoms with Crippen LogP contribution in [0, 0.1) is 15.9 Å². The summed E-state index contributed by atoms with van der Waals surface area (Å²) in [6.07, 6.45) is -0.345. The predicted octanol–water partition coefficient (Wildman–Crippen LogP) is 1.41. The quantitative estimate of drug-likeness (QED) is 0.476. The molecule has 0 N–H and O–H groups in total. The van der Waals surface area contributed by atoms with Crippen LogP contribution in [0.5, 0.6) is 0 Å². The predicted molar refractivity (Wildman–Crippen MR) is 68.6 cm³/mol. The standard InChI is InChI=1S/C10H8ClFN2O5S/c11-20(18,19)7-4-10(15)13(5-7)9-2-1-6(14(16)17)3-8(9)12/h1-3,7H,4-5H2. The number of non-ortho nitro benzene ring substituents is 1. The van der Waals surface area contributed by atoms with Gasteiger partial charge in [-0.1, -0.05) is 0 Å². The van der Waals surface area contributed by atoms with Crippen molar-refractivity contribution in [2.75, 3.05) is 11.4 Å². The summed E-state index contributed by atoms with van der Waals surface area (Å²) in [5.74, 6) is -1.58. The second-order valence-electron chi connectivity index (χ2n) is 4.20. The molecule has 10 heteroatoms. The number of rotatable bonds is 3. The third-order valence-electron chi connectivity index (χ3n) is 2.92. The summed E-state index contributed by atoms with van der Waals surface area (Å²) >= 11 is 0. The van der Waals surface area contributed by atoms with Crippen molar-refractivity contribution in [3.05, 3.63) is 34.1 Å². The number of nitro groups is 1. The molecule has 0 aromatic heterocycles. The van der Waals surface area contributed by atoms with Crippen LogP contribution in [0.3, 0.4) is 0 Å². The highest BCUT2D eigenvalue weighted by Gasteiger charge is 2.39. The van der Waals surface area contributed by atoms with E-state index in [0.29, 0.717) is 6.07 Å². The van der Waals surface area contributed by atoms with Crippen molar-refractivity contribution in [1.29, 1.82) is 0 Å². The second kappa shape index (κ2) is 4.98. The van der Waals surface area contributed by atoms with E-state index in [9.17, 15) is 27.7 Å². The van der Waals surface area contributed by atoms with Gasteiger partial charge in [0.25, 0.3) is 5.69 Å². The molecule has 1 fully saturated rings. The van der Waals surface area contributed by atoms with Gasteiger partial charge in [0, 0.05) is 29.7 Å². The summed E-state index contributed by atoms with van der Waals surface area (Å²) in [4.78, 5) is 22.3. The van der Waals surface area contributed by atoms with Crippen LogP contribution >= 0.6 is 10.7 Å². The zero-order valence-corrected chi connectivity index (χ0v) is 11.4. The molecule has 7 nitrogen and oxygen atoms in total. The van der Waals surface area contributed by atoms with E-state index >= 15 is 0 Å². The van der Waals surface area contributed by atoms with Gasteiger partial charge < -0.3 is 4.90 Å². The van der Waals surface area contributed by atoms with Crippen LogP contribution in [-0.4, -0.2) is 31.0 Å². The van der Waals surface area contributed by atoms with Crippen molar-refractivity contribution in [1.82, 2.24) is 0 Å². The van der Waals surface area contributed by atoms with Crippen LogP contribution < -0.4 is 4.90 Å². The molecular weight excluding hydrogens is 315 g/mol. The Labute approximate surface area is 117 Å². The summed E-state index contributed by atoms with van der Waals surface area (Å²) in [7, 11) is 1.24. The van der Waals surface area contributed by atoms with E-state index in [2.05, 4.69) is 0 Å². The molecule has 1 heterocycles. The molecule has 108 valence electrons. The van der Waals surface area contributed by atoms with Gasteiger partial charge in [-0.25, -0.2) is 12.8 Å². The molecule has 0 aliphatic carbocycles. The average molecular weight is 323 g/mol. The Morgan fingerprint density at radius 2 is 2.10 bits per heavy atom. The number of benzene rings is 1. The first kappa shape index (κ1) is 14.7. The monoisotopic (exact) mass is 322 g/mol. The molecule has 0 radical (unpaired) electrons. The summed E-state index contributed by atoms with van der Waals surface area (Å²) in [5.41, 5.74) is -0.664. The van der Waals surface area contributed by atoms with Crippen molar-refractivity contribution in [3.8, 4) is 0 Å². The Morgan fingerprint density at radius 1 is 1.45 bits per heavy atom. The molecule has 1 aliphatic rings. The van der Waals surface area contributed by atoms with Crippen LogP contribution in [0.25, 0.3) is 0 Å². The highest BCUT2D eigenvalue weighted by atomic mass is 35.7. The Bertz CT molecular complexity index is 693. The summed E-state index contributed by atoms with van der Waals surface area (Å²) < 4.78 is 36.2. The topological polar surface area (TPSA) is 97.6 Å². The molecular formula is C10H8ClFN2O5S. The SMILES string of the molecule is O=C1CC(S(=O)(=O)Cl)CN1c1ccc([N+](=O)[O-])cc1F. The molecule has 1 amide bonds. The number of hydrogen-bond acceptors (Lipinski definition) is 5. The average Bonchev–Trinajstić information content (AvgIpc) is 2.71. The molecule has 0 bridgehead atoms. The third-order valence-corrected chi connectivity index (χ3v) is 4.79. The van der Waals surface area contributed by atoms with Crippen molar-refractivity contribution >= 4 is 37.0 Å². The number of nitrogens with zero attached hydrogens (tertiary/aromatic N) is 2. The van der Waals surface area contributed by atoms with E-state index in [4.69, 9.17) is 10.7 Å². The molecule has 2 rings (SSSR count). The molecule has 0 spiro atoms. The van der Waals surface area contributed by atoms with Gasteiger partial charge in [0.15, 0.2) is 5.82 Å². The van der Waals surface area contributed by atoms with Gasteiger partial charge in [0.05, 0.1) is 16.7 Å². The van der Waals surface area contributed by atoms with Crippen LogP contribution in [0.2, 0.25) is 0 Å². The minimum Gasteiger partial charge on any atom is -0.308 e. The fourth-order valence-electron chi connectivity index (χ4n) is 1.92. The smallest absolute Gasteiger partial charge is 0.272 e. The molecule has 1 atom stereocenters. The lowest BCUT2D eigenvalue weighted by molar-refractivity contribution is -0.385. The van der Waals surface area contributed by atoms with E-state index in [1.165, 1.54) is 0 Å². The molecule has 1 aromatic carbocycles. The second-order valence-corrected chi connectivity index (χ2v) is 7.11. The fourth-order valence-corrected chi connectivity index (χ4v) is 2.95. The Morgan fingerprint density at radius 3 is 2.55 bits per heavy atom. The van der Waals surface area contributed by atoms with Crippen LogP contribution in [-0.2, 0) is 13.8 Å². The molecule has 1 aromatic rings. The number of anilines is 1. The van der Waals surface area contributed by atoms with Gasteiger partial charge in [-0.15, -0.1) is 0 Å². The van der Waals surface area contributed by atoms with Crippen molar-refractivity contribution < 1.29 is 22.5 Å². The number of halogens is 2. The highest BCUT2D eigenvalue weighted by molar-refractivity contribution is 8.14. The van der Waals surface area contributed by atoms with Crippen LogP contribution in [0.15, 0.2) is 18.2 Å². The Hall–Kier alpha value is -1.74. The molecule has 0 saturated carbocycles. The van der Waals surface area contributed by atoms with E-state index in [-0.39, 0.29) is 18.7 Å². The maximum atomic E-state index is 13.8. The first-order chi connectivity index (χ1) is 9.20. The van der Waals surface area contributed by atoms with Crippen molar-refractivity contribution in [2.45, 2.75) is 11.7 Å². The van der Waals surface area contributed by atoms with E-state index in [1.807, 2.05) is 0 Å². The lowest BCUT2D eigenvalue weighted by Gasteiger charge is -2.16. The largest absolute Gasteiger partial charge is 0.308 e. The van der Waals surface area contributed by atoms with E-state index < -0.39 is 36.6 Å². The van der Waals surface area contributed by atoms with Crippen LogP contribution in [0.1, 0.15) is 6.42 Å². The number of nitro benzene ring substituents is 1. The fraction of sp³-hybridized carbons (Fsp3) is 0.300. The lowest BCUT2D eigenvalue weighted by Crippen LogP contribution is -2.27. The third kappa shape index (κ3) is 2.73. The van der Waals surface area contributed by atoms with Gasteiger partial charge in [0.1, 0.15) is 5.25 Å². The molecule has 1 unspecified atom stereocenters. The summed E-state index contributed by atoms with van der Waals surface area (Å²) in [6.45, 7) is -0.278. The van der Waals surface area contributed by atoms with Crippen molar-refractivity contribution in [2.24, 2.45) is 0 Å². The van der Waals surface area contributed by atoms with Crippen molar-refractivity contribution in [3.63, 3.8) is 0 Å². The van der Waals surface area contributed by atoms with Gasteiger partial charge >= 0.3 is 0 Å². The normalized spacial score (nSPS) is 19.4. The first-order valence-corrected chi connectivity index (χ1v) is 7.75. The molecule has 20 heavy (non-hydrogen) atoms. The summed E-state index contributed by atoms with van der Waals surface area (Å²) in [5, 5.41) is 9.38. The maximum absolute atomic E-state index is 13.8. The zero-order chi connectivity index (χ0) is 15.1. The van der Waals surface area contributed by atoms with Crippen LogP contribution in [0.4, 0.5) is 15.8 Å². The Balaban J connectivity index is 2.33. The number of hydrogen-bond donors (Lipinski definition) is 0. The van der Waals surface area contributed by atoms with E-state index in [0.717, 1.165) is 17.0 Å². The minimum atomic E-state index is -3.93. The number of carbonyl (C=O) groups excluding carboxylic acids is 1. The highest BCUT2D eigenvalue weighted by Crippen LogP contribution is 2.30. The van der Waals surface area contributed by atoms with Gasteiger partial charge in [-0.3, -0.25) is 14.9 Å². The maximum Gasteiger partial charge on any atom is 0.272 e. The van der Waals surface area contributed by atoms with Gasteiger partial charge in [0.2, 0.25) is 15.0 Å². The zero-order valence-electron chi connectivity index (χ0n) is 9.82. The lowest BCUT2D eigenvalue weighted by atomic mass is 10.2. The van der Waals surface area contributed by atoms with Gasteiger partial charge in [-0.2, -0.15) is 0 Å². The number of carbonyl (C=O) groups is 1. The van der Waals surface area contributed by atoms with E-state index in [1.54, 1.807) is 0 Å². The minimum absolute atomic E-state index is 0.205. The number of amides is 1. The summed E-state index contributed by atoms with van der Waals surface area (Å²) in [6, 6.07) is 2.77. The Kier molecular flexibility index (Phi) is 3.65. The molecule has 1 aliphatic heterocycles. The first-order valence-electron chi connectivity index (χ1n) is 5.38. The molecule has 1 saturated heterocycles.